The van der Waals surface area contributed by atoms with E-state index in [9.17, 15) is 0 Å². The van der Waals surface area contributed by atoms with Crippen LogP contribution in [0.1, 0.15) is 20.3 Å². The van der Waals surface area contributed by atoms with E-state index >= 15 is 0 Å². The van der Waals surface area contributed by atoms with Gasteiger partial charge in [-0.2, -0.15) is 0 Å². The van der Waals surface area contributed by atoms with E-state index in [-0.39, 0.29) is 24.3 Å². The molecule has 1 aromatic rings. The Balaban J connectivity index is 0.00000289. The fourth-order valence-electron chi connectivity index (χ4n) is 1.46. The first-order valence-corrected chi connectivity index (χ1v) is 8.87. The Morgan fingerprint density at radius 1 is 1.17 bits per heavy atom. The van der Waals surface area contributed by atoms with Crippen molar-refractivity contribution in [1.82, 2.24) is 0 Å². The molecule has 0 amide bonds. The van der Waals surface area contributed by atoms with E-state index in [4.69, 9.17) is 6.42 Å². The first-order chi connectivity index (χ1) is 7.87. The van der Waals surface area contributed by atoms with Crippen molar-refractivity contribution in [3.63, 3.8) is 0 Å². The molecule has 0 heterocycles. The fourth-order valence-corrected chi connectivity index (χ4v) is 3.16. The summed E-state index contributed by atoms with van der Waals surface area (Å²) in [5.41, 5.74) is 3.20. The van der Waals surface area contributed by atoms with Crippen molar-refractivity contribution in [2.24, 2.45) is 5.41 Å². The van der Waals surface area contributed by atoms with Crippen molar-refractivity contribution in [3.8, 4) is 17.4 Å². The molecule has 0 atom stereocenters. The summed E-state index contributed by atoms with van der Waals surface area (Å²) in [5, 5.41) is 1.36. The van der Waals surface area contributed by atoms with Crippen LogP contribution in [0.3, 0.4) is 0 Å². The van der Waals surface area contributed by atoms with Crippen molar-refractivity contribution in [2.75, 3.05) is 0 Å². The van der Waals surface area contributed by atoms with Gasteiger partial charge in [0.1, 0.15) is 0 Å². The fraction of sp³-hybridized carbons (Fsp3) is 0.375. The second-order valence-electron chi connectivity index (χ2n) is 5.48. The van der Waals surface area contributed by atoms with Gasteiger partial charge in [-0.1, -0.05) is 57.3 Å². The smallest absolute Gasteiger partial charge is 0.693 e. The van der Waals surface area contributed by atoms with Crippen molar-refractivity contribution in [2.45, 2.75) is 33.4 Å². The Morgan fingerprint density at radius 3 is 2.22 bits per heavy atom. The van der Waals surface area contributed by atoms with Gasteiger partial charge in [-0.25, -0.2) is 0 Å². The van der Waals surface area contributed by atoms with Crippen molar-refractivity contribution >= 4 is 13.3 Å². The van der Waals surface area contributed by atoms with Crippen LogP contribution in [-0.2, 0) is 0 Å². The SMILES string of the molecule is [C-]#CC(C)(C)CC#C[Si](C)(C)c1ccccc1.[Li+]. The Bertz CT molecular complexity index is 469. The largest absolute Gasteiger partial charge is 1.00 e. The summed E-state index contributed by atoms with van der Waals surface area (Å²) in [6.45, 7) is 8.50. The number of benzene rings is 1. The third-order valence-electron chi connectivity index (χ3n) is 2.77. The van der Waals surface area contributed by atoms with Gasteiger partial charge >= 0.3 is 18.9 Å². The summed E-state index contributed by atoms with van der Waals surface area (Å²) >= 11 is 0. The van der Waals surface area contributed by atoms with Crippen LogP contribution in [0.15, 0.2) is 30.3 Å². The van der Waals surface area contributed by atoms with E-state index in [1.807, 2.05) is 19.9 Å². The first kappa shape index (κ1) is 17.2. The molecule has 0 radical (unpaired) electrons. The second-order valence-corrected chi connectivity index (χ2v) is 9.56. The minimum Gasteiger partial charge on any atom is -0.693 e. The van der Waals surface area contributed by atoms with E-state index < -0.39 is 8.07 Å². The Hall–Kier alpha value is -0.846. The van der Waals surface area contributed by atoms with Gasteiger partial charge in [-0.05, 0) is 10.6 Å². The Labute approximate surface area is 125 Å². The average molecular weight is 246 g/mol. The van der Waals surface area contributed by atoms with Crippen LogP contribution in [-0.4, -0.2) is 8.07 Å². The number of rotatable bonds is 2. The van der Waals surface area contributed by atoms with E-state index in [1.165, 1.54) is 5.19 Å². The normalized spacial score (nSPS) is 10.6. The van der Waals surface area contributed by atoms with Crippen LogP contribution >= 0.6 is 0 Å². The molecule has 0 fully saturated rings. The van der Waals surface area contributed by atoms with Crippen LogP contribution in [0, 0.1) is 29.2 Å². The maximum absolute atomic E-state index is 7.20. The van der Waals surface area contributed by atoms with Crippen LogP contribution in [0.5, 0.6) is 0 Å². The zero-order valence-corrected chi connectivity index (χ0v) is 13.1. The predicted molar refractivity (Wildman–Crippen MR) is 76.9 cm³/mol. The molecular formula is C16H19LiSi. The molecular weight excluding hydrogens is 227 g/mol. The zero-order chi connectivity index (χ0) is 12.9. The molecule has 0 saturated heterocycles. The van der Waals surface area contributed by atoms with Crippen molar-refractivity contribution in [3.05, 3.63) is 36.8 Å². The molecule has 0 aliphatic rings. The third-order valence-corrected chi connectivity index (χ3v) is 5.34. The molecule has 0 nitrogen and oxygen atoms in total. The third kappa shape index (κ3) is 5.20. The van der Waals surface area contributed by atoms with E-state index in [2.05, 4.69) is 54.7 Å². The molecule has 2 heteroatoms. The molecule has 0 N–H and O–H groups in total. The van der Waals surface area contributed by atoms with Gasteiger partial charge in [-0.15, -0.1) is 11.5 Å². The Morgan fingerprint density at radius 2 is 1.72 bits per heavy atom. The molecule has 0 unspecified atom stereocenters. The molecule has 0 bridgehead atoms. The molecule has 1 aromatic carbocycles. The molecule has 0 saturated carbocycles. The predicted octanol–water partition coefficient (Wildman–Crippen LogP) is 0.155. The van der Waals surface area contributed by atoms with E-state index in [0.29, 0.717) is 6.42 Å². The molecule has 0 aliphatic carbocycles. The summed E-state index contributed by atoms with van der Waals surface area (Å²) in [6.07, 6.45) is 7.91. The zero-order valence-electron chi connectivity index (χ0n) is 12.1. The molecule has 18 heavy (non-hydrogen) atoms. The van der Waals surface area contributed by atoms with Gasteiger partial charge in [0, 0.05) is 6.42 Å². The summed E-state index contributed by atoms with van der Waals surface area (Å²) in [5.74, 6) is 5.77. The maximum Gasteiger partial charge on any atom is 1.00 e. The Kier molecular flexibility index (Phi) is 6.59. The topological polar surface area (TPSA) is 0 Å². The molecule has 0 aliphatic heterocycles. The van der Waals surface area contributed by atoms with Crippen LogP contribution in [0.2, 0.25) is 13.1 Å². The summed E-state index contributed by atoms with van der Waals surface area (Å²) in [6, 6.07) is 10.5. The molecule has 0 spiro atoms. The first-order valence-electron chi connectivity index (χ1n) is 5.87. The van der Waals surface area contributed by atoms with Gasteiger partial charge in [0.2, 0.25) is 0 Å². The van der Waals surface area contributed by atoms with Crippen molar-refractivity contribution < 1.29 is 18.9 Å². The van der Waals surface area contributed by atoms with E-state index in [0.717, 1.165) is 0 Å². The van der Waals surface area contributed by atoms with Crippen LogP contribution in [0.25, 0.3) is 0 Å². The second kappa shape index (κ2) is 6.92. The van der Waals surface area contributed by atoms with Crippen molar-refractivity contribution in [1.29, 1.82) is 0 Å². The minimum absolute atomic E-state index is 0. The van der Waals surface area contributed by atoms with Crippen LogP contribution < -0.4 is 24.0 Å². The minimum atomic E-state index is -1.64. The maximum atomic E-state index is 7.20. The van der Waals surface area contributed by atoms with Gasteiger partial charge in [0.25, 0.3) is 0 Å². The quantitative estimate of drug-likeness (QED) is 0.396. The summed E-state index contributed by atoms with van der Waals surface area (Å²) in [4.78, 5) is 0. The number of hydrogen-bond donors (Lipinski definition) is 0. The van der Waals surface area contributed by atoms with Crippen LogP contribution in [0.4, 0.5) is 0 Å². The molecule has 1 rings (SSSR count). The van der Waals surface area contributed by atoms with Gasteiger partial charge < -0.3 is 12.3 Å². The molecule has 88 valence electrons. The monoisotopic (exact) mass is 246 g/mol. The van der Waals surface area contributed by atoms with Gasteiger partial charge in [0.05, 0.1) is 0 Å². The van der Waals surface area contributed by atoms with E-state index in [1.54, 1.807) is 0 Å². The molecule has 0 aromatic heterocycles. The number of hydrogen-bond acceptors (Lipinski definition) is 0. The summed E-state index contributed by atoms with van der Waals surface area (Å²) < 4.78 is 0. The summed E-state index contributed by atoms with van der Waals surface area (Å²) in [7, 11) is -1.64. The van der Waals surface area contributed by atoms with Gasteiger partial charge in [-0.3, -0.25) is 0 Å². The van der Waals surface area contributed by atoms with Gasteiger partial charge in [0.15, 0.2) is 8.07 Å². The average Bonchev–Trinajstić information content (AvgIpc) is 2.30. The standard InChI is InChI=1S/C16H19Si.Li/c1-6-16(2,3)13-10-14-17(4,5)15-11-8-7-9-12-15;/h7-9,11-12H,13H2,2-5H3;/q-1;+1.